The summed E-state index contributed by atoms with van der Waals surface area (Å²) >= 11 is 0. The van der Waals surface area contributed by atoms with Crippen molar-refractivity contribution < 1.29 is 14.3 Å². The first-order valence-electron chi connectivity index (χ1n) is 3.50. The minimum atomic E-state index is -0.786. The number of nitrogens with one attached hydrogen (secondary N) is 1. The first kappa shape index (κ1) is 8.04. The highest BCUT2D eigenvalue weighted by molar-refractivity contribution is 5.87. The van der Waals surface area contributed by atoms with E-state index < -0.39 is 5.54 Å². The Hall–Kier alpha value is -1.06. The molecule has 1 atom stereocenters. The summed E-state index contributed by atoms with van der Waals surface area (Å²) in [6.07, 6.45) is 0.561. The molecule has 1 heterocycles. The normalized spacial score (nSPS) is 29.8. The average Bonchev–Trinajstić information content (AvgIpc) is 2.11. The monoisotopic (exact) mass is 157 g/mol. The van der Waals surface area contributed by atoms with E-state index >= 15 is 0 Å². The van der Waals surface area contributed by atoms with Crippen molar-refractivity contribution in [3.8, 4) is 0 Å². The molecule has 0 saturated carbocycles. The Balaban J connectivity index is 2.65. The van der Waals surface area contributed by atoms with E-state index in [9.17, 15) is 9.59 Å². The number of rotatable bonds is 1. The third-order valence-electron chi connectivity index (χ3n) is 1.74. The van der Waals surface area contributed by atoms with Crippen molar-refractivity contribution in [1.82, 2.24) is 5.32 Å². The zero-order valence-electron chi connectivity index (χ0n) is 6.64. The molecule has 62 valence electrons. The van der Waals surface area contributed by atoms with Crippen molar-refractivity contribution >= 4 is 11.9 Å². The van der Waals surface area contributed by atoms with Crippen LogP contribution in [0, 0.1) is 0 Å². The summed E-state index contributed by atoms with van der Waals surface area (Å²) in [6.45, 7) is 3.45. The fraction of sp³-hybridized carbons (Fsp3) is 0.714. The minimum Gasteiger partial charge on any atom is -0.464 e. The number of ether oxygens (including phenoxy) is 1. The van der Waals surface area contributed by atoms with Crippen LogP contribution in [0.4, 0.5) is 0 Å². The molecule has 0 radical (unpaired) electrons. The van der Waals surface area contributed by atoms with Crippen LogP contribution in [-0.2, 0) is 14.3 Å². The Morgan fingerprint density at radius 1 is 1.73 bits per heavy atom. The Labute approximate surface area is 64.9 Å². The fourth-order valence-electron chi connectivity index (χ4n) is 1.11. The predicted octanol–water partition coefficient (Wildman–Crippen LogP) is -0.172. The van der Waals surface area contributed by atoms with E-state index in [4.69, 9.17) is 4.74 Å². The highest BCUT2D eigenvalue weighted by Gasteiger charge is 2.40. The molecular weight excluding hydrogens is 146 g/mol. The van der Waals surface area contributed by atoms with Crippen molar-refractivity contribution in [3.63, 3.8) is 0 Å². The summed E-state index contributed by atoms with van der Waals surface area (Å²) in [5, 5.41) is 2.55. The summed E-state index contributed by atoms with van der Waals surface area (Å²) in [4.78, 5) is 21.6. The van der Waals surface area contributed by atoms with Crippen molar-refractivity contribution in [2.24, 2.45) is 0 Å². The van der Waals surface area contributed by atoms with Crippen LogP contribution in [0.25, 0.3) is 0 Å². The van der Waals surface area contributed by atoms with Gasteiger partial charge in [0.2, 0.25) is 5.91 Å². The molecule has 1 aliphatic rings. The molecule has 1 fully saturated rings. The topological polar surface area (TPSA) is 55.4 Å². The van der Waals surface area contributed by atoms with Crippen LogP contribution in [-0.4, -0.2) is 24.0 Å². The summed E-state index contributed by atoms with van der Waals surface area (Å²) < 4.78 is 4.72. The van der Waals surface area contributed by atoms with Crippen molar-refractivity contribution in [3.05, 3.63) is 0 Å². The number of carbonyl (C=O) groups excluding carboxylic acids is 2. The van der Waals surface area contributed by atoms with Crippen LogP contribution in [0.15, 0.2) is 0 Å². The second kappa shape index (κ2) is 2.53. The molecule has 1 amide bonds. The van der Waals surface area contributed by atoms with Gasteiger partial charge in [0.1, 0.15) is 5.54 Å². The summed E-state index contributed by atoms with van der Waals surface area (Å²) in [6, 6.07) is 0. The van der Waals surface area contributed by atoms with Gasteiger partial charge in [-0.05, 0) is 6.92 Å². The molecule has 1 saturated heterocycles. The van der Waals surface area contributed by atoms with Gasteiger partial charge >= 0.3 is 5.97 Å². The zero-order chi connectivity index (χ0) is 8.48. The molecule has 1 N–H and O–H groups in total. The molecule has 0 aromatic heterocycles. The Kier molecular flexibility index (Phi) is 1.85. The molecule has 0 unspecified atom stereocenters. The quantitative estimate of drug-likeness (QED) is 0.537. The van der Waals surface area contributed by atoms with Gasteiger partial charge < -0.3 is 10.1 Å². The number of carbonyl (C=O) groups is 2. The van der Waals surface area contributed by atoms with Crippen LogP contribution in [0.3, 0.4) is 0 Å². The Morgan fingerprint density at radius 3 is 2.73 bits per heavy atom. The molecule has 0 aliphatic carbocycles. The Morgan fingerprint density at radius 2 is 2.36 bits per heavy atom. The van der Waals surface area contributed by atoms with E-state index in [-0.39, 0.29) is 11.9 Å². The maximum Gasteiger partial charge on any atom is 0.331 e. The number of amides is 1. The summed E-state index contributed by atoms with van der Waals surface area (Å²) in [5.41, 5.74) is -0.786. The number of cyclic esters (lactones) is 1. The van der Waals surface area contributed by atoms with Crippen LogP contribution >= 0.6 is 0 Å². The number of hydrogen-bond acceptors (Lipinski definition) is 3. The molecule has 11 heavy (non-hydrogen) atoms. The second-order valence-electron chi connectivity index (χ2n) is 2.90. The van der Waals surface area contributed by atoms with Gasteiger partial charge in [-0.2, -0.15) is 0 Å². The average molecular weight is 157 g/mol. The lowest BCUT2D eigenvalue weighted by Crippen LogP contribution is -2.48. The lowest BCUT2D eigenvalue weighted by Gasteiger charge is -2.18. The molecule has 1 rings (SSSR count). The SMILES string of the molecule is CC(=O)N[C@]1(C)CCOC1=O. The lowest BCUT2D eigenvalue weighted by atomic mass is 10.0. The third-order valence-corrected chi connectivity index (χ3v) is 1.74. The van der Waals surface area contributed by atoms with Gasteiger partial charge in [0.15, 0.2) is 0 Å². The minimum absolute atomic E-state index is 0.202. The maximum atomic E-state index is 11.0. The van der Waals surface area contributed by atoms with Crippen molar-refractivity contribution in [1.29, 1.82) is 0 Å². The third kappa shape index (κ3) is 1.50. The van der Waals surface area contributed by atoms with Gasteiger partial charge in [-0.3, -0.25) is 4.79 Å². The van der Waals surface area contributed by atoms with E-state index in [2.05, 4.69) is 5.32 Å². The first-order chi connectivity index (χ1) is 5.04. The van der Waals surface area contributed by atoms with Crippen LogP contribution < -0.4 is 5.32 Å². The Bertz CT molecular complexity index is 202. The van der Waals surface area contributed by atoms with E-state index in [1.165, 1.54) is 6.92 Å². The first-order valence-corrected chi connectivity index (χ1v) is 3.50. The summed E-state index contributed by atoms with van der Waals surface area (Å²) in [7, 11) is 0. The van der Waals surface area contributed by atoms with Crippen LogP contribution in [0.1, 0.15) is 20.3 Å². The molecule has 0 aromatic rings. The predicted molar refractivity (Wildman–Crippen MR) is 37.8 cm³/mol. The lowest BCUT2D eigenvalue weighted by molar-refractivity contribution is -0.144. The standard InChI is InChI=1S/C7H11NO3/c1-5(9)8-7(2)3-4-11-6(7)10/h3-4H2,1-2H3,(H,8,9)/t7-/m1/s1. The van der Waals surface area contributed by atoms with Gasteiger partial charge in [-0.15, -0.1) is 0 Å². The van der Waals surface area contributed by atoms with E-state index in [1.54, 1.807) is 6.92 Å². The van der Waals surface area contributed by atoms with Crippen LogP contribution in [0.2, 0.25) is 0 Å². The van der Waals surface area contributed by atoms with Crippen molar-refractivity contribution in [2.45, 2.75) is 25.8 Å². The maximum absolute atomic E-state index is 11.0. The molecule has 0 spiro atoms. The molecule has 0 aromatic carbocycles. The number of esters is 1. The van der Waals surface area contributed by atoms with Gasteiger partial charge in [0.05, 0.1) is 6.61 Å². The second-order valence-corrected chi connectivity index (χ2v) is 2.90. The van der Waals surface area contributed by atoms with Gasteiger partial charge in [0.25, 0.3) is 0 Å². The van der Waals surface area contributed by atoms with Crippen molar-refractivity contribution in [2.75, 3.05) is 6.61 Å². The smallest absolute Gasteiger partial charge is 0.331 e. The highest BCUT2D eigenvalue weighted by atomic mass is 16.5. The molecule has 0 bridgehead atoms. The molecule has 4 nitrogen and oxygen atoms in total. The van der Waals surface area contributed by atoms with E-state index in [0.29, 0.717) is 13.0 Å². The van der Waals surface area contributed by atoms with E-state index in [1.807, 2.05) is 0 Å². The fourth-order valence-corrected chi connectivity index (χ4v) is 1.11. The number of hydrogen-bond donors (Lipinski definition) is 1. The van der Waals surface area contributed by atoms with Gasteiger partial charge in [0, 0.05) is 13.3 Å². The molecular formula is C7H11NO3. The molecule has 1 aliphatic heterocycles. The zero-order valence-corrected chi connectivity index (χ0v) is 6.64. The van der Waals surface area contributed by atoms with Crippen LogP contribution in [0.5, 0.6) is 0 Å². The van der Waals surface area contributed by atoms with E-state index in [0.717, 1.165) is 0 Å². The largest absolute Gasteiger partial charge is 0.464 e. The van der Waals surface area contributed by atoms with Gasteiger partial charge in [-0.25, -0.2) is 4.79 Å². The van der Waals surface area contributed by atoms with Gasteiger partial charge in [-0.1, -0.05) is 0 Å². The molecule has 4 heteroatoms. The highest BCUT2D eigenvalue weighted by Crippen LogP contribution is 2.18. The summed E-state index contributed by atoms with van der Waals surface area (Å²) in [5.74, 6) is -0.543.